The monoisotopic (exact) mass is 377 g/mol. The van der Waals surface area contributed by atoms with Crippen molar-refractivity contribution in [2.75, 3.05) is 19.0 Å². The molecular formula is C23H23NO4. The second kappa shape index (κ2) is 8.57. The summed E-state index contributed by atoms with van der Waals surface area (Å²) in [4.78, 5) is 24.9. The number of carbonyl (C=O) groups excluding carboxylic acids is 2. The fraction of sp³-hybridized carbons (Fsp3) is 0.217. The summed E-state index contributed by atoms with van der Waals surface area (Å²) in [6.45, 7) is 3.61. The van der Waals surface area contributed by atoms with Crippen LogP contribution >= 0.6 is 0 Å². The van der Waals surface area contributed by atoms with Crippen LogP contribution in [-0.4, -0.2) is 25.6 Å². The van der Waals surface area contributed by atoms with Gasteiger partial charge in [-0.3, -0.25) is 4.79 Å². The number of rotatable bonds is 6. The van der Waals surface area contributed by atoms with Crippen molar-refractivity contribution in [3.63, 3.8) is 0 Å². The van der Waals surface area contributed by atoms with Crippen LogP contribution < -0.4 is 10.1 Å². The Hall–Kier alpha value is -3.34. The number of esters is 1. The van der Waals surface area contributed by atoms with E-state index >= 15 is 0 Å². The molecule has 0 fully saturated rings. The first-order valence-electron chi connectivity index (χ1n) is 9.16. The fourth-order valence-electron chi connectivity index (χ4n) is 3.21. The molecule has 0 aliphatic carbocycles. The van der Waals surface area contributed by atoms with Gasteiger partial charge in [0, 0.05) is 11.1 Å². The zero-order valence-corrected chi connectivity index (χ0v) is 16.2. The lowest BCUT2D eigenvalue weighted by Crippen LogP contribution is -2.22. The van der Waals surface area contributed by atoms with E-state index < -0.39 is 5.97 Å². The average Bonchev–Trinajstić information content (AvgIpc) is 2.72. The van der Waals surface area contributed by atoms with Crippen LogP contribution in [0.4, 0.5) is 5.69 Å². The molecule has 144 valence electrons. The van der Waals surface area contributed by atoms with Gasteiger partial charge in [0.15, 0.2) is 6.61 Å². The number of benzene rings is 3. The van der Waals surface area contributed by atoms with E-state index in [2.05, 4.69) is 5.32 Å². The van der Waals surface area contributed by atoms with Crippen molar-refractivity contribution >= 4 is 28.3 Å². The Morgan fingerprint density at radius 2 is 1.71 bits per heavy atom. The van der Waals surface area contributed by atoms with Gasteiger partial charge in [0.05, 0.1) is 12.7 Å². The Labute approximate surface area is 164 Å². The molecule has 3 aromatic carbocycles. The van der Waals surface area contributed by atoms with E-state index in [-0.39, 0.29) is 12.5 Å². The summed E-state index contributed by atoms with van der Waals surface area (Å²) in [5.74, 6) is -0.235. The molecule has 3 aromatic rings. The van der Waals surface area contributed by atoms with Crippen molar-refractivity contribution in [3.05, 3.63) is 71.3 Å². The first-order chi connectivity index (χ1) is 13.5. The third-order valence-corrected chi connectivity index (χ3v) is 4.66. The lowest BCUT2D eigenvalue weighted by molar-refractivity contribution is -0.119. The Balaban J connectivity index is 1.73. The molecule has 0 aliphatic heterocycles. The Bertz CT molecular complexity index is 1030. The summed E-state index contributed by atoms with van der Waals surface area (Å²) in [5.41, 5.74) is 3.19. The van der Waals surface area contributed by atoms with E-state index in [1.807, 2.05) is 56.3 Å². The second-order valence-electron chi connectivity index (χ2n) is 6.45. The summed E-state index contributed by atoms with van der Waals surface area (Å²) in [7, 11) is 1.58. The van der Waals surface area contributed by atoms with Crippen molar-refractivity contribution < 1.29 is 19.1 Å². The predicted octanol–water partition coefficient (Wildman–Crippen LogP) is 4.51. The maximum absolute atomic E-state index is 12.6. The molecular weight excluding hydrogens is 354 g/mol. The molecule has 5 heteroatoms. The number of hydrogen-bond acceptors (Lipinski definition) is 4. The van der Waals surface area contributed by atoms with Gasteiger partial charge in [-0.15, -0.1) is 0 Å². The molecule has 0 heterocycles. The molecule has 0 unspecified atom stereocenters. The van der Waals surface area contributed by atoms with Gasteiger partial charge >= 0.3 is 5.97 Å². The number of amides is 1. The summed E-state index contributed by atoms with van der Waals surface area (Å²) < 4.78 is 10.6. The number of para-hydroxylation sites is 1. The van der Waals surface area contributed by atoms with Crippen LogP contribution in [0.2, 0.25) is 0 Å². The van der Waals surface area contributed by atoms with E-state index in [1.165, 1.54) is 0 Å². The van der Waals surface area contributed by atoms with Gasteiger partial charge in [-0.05, 0) is 42.0 Å². The molecule has 0 saturated heterocycles. The lowest BCUT2D eigenvalue weighted by Gasteiger charge is -2.13. The minimum Gasteiger partial charge on any atom is -0.496 e. The minimum atomic E-state index is -0.547. The number of carbonyl (C=O) groups is 2. The number of anilines is 1. The van der Waals surface area contributed by atoms with E-state index in [0.717, 1.165) is 34.0 Å². The molecule has 0 atom stereocenters. The van der Waals surface area contributed by atoms with E-state index in [1.54, 1.807) is 19.2 Å². The van der Waals surface area contributed by atoms with Crippen LogP contribution in [0.3, 0.4) is 0 Å². The van der Waals surface area contributed by atoms with Gasteiger partial charge in [-0.25, -0.2) is 4.79 Å². The van der Waals surface area contributed by atoms with Gasteiger partial charge in [0.2, 0.25) is 0 Å². The predicted molar refractivity (Wildman–Crippen MR) is 110 cm³/mol. The second-order valence-corrected chi connectivity index (χ2v) is 6.45. The van der Waals surface area contributed by atoms with Crippen LogP contribution in [0.25, 0.3) is 10.8 Å². The van der Waals surface area contributed by atoms with Gasteiger partial charge in [0.1, 0.15) is 5.75 Å². The quantitative estimate of drug-likeness (QED) is 0.642. The van der Waals surface area contributed by atoms with Crippen molar-refractivity contribution in [2.24, 2.45) is 0 Å². The topological polar surface area (TPSA) is 64.6 Å². The summed E-state index contributed by atoms with van der Waals surface area (Å²) in [6.07, 6.45) is 0.801. The fourth-order valence-corrected chi connectivity index (χ4v) is 3.21. The molecule has 1 amide bonds. The summed E-state index contributed by atoms with van der Waals surface area (Å²) in [6, 6.07) is 16.7. The Morgan fingerprint density at radius 1 is 0.964 bits per heavy atom. The molecule has 0 spiro atoms. The normalized spacial score (nSPS) is 10.5. The van der Waals surface area contributed by atoms with Crippen LogP contribution in [-0.2, 0) is 16.0 Å². The molecule has 5 nitrogen and oxygen atoms in total. The smallest absolute Gasteiger partial charge is 0.339 e. The standard InChI is InChI=1S/C23H23NO4/c1-4-16-9-7-8-15(2)22(16)24-21(25)14-28-23(26)19-12-13-20(27-3)18-11-6-5-10-17(18)19/h5-13H,4,14H2,1-3H3,(H,24,25). The number of aryl methyl sites for hydroxylation is 2. The lowest BCUT2D eigenvalue weighted by atomic mass is 10.0. The van der Waals surface area contributed by atoms with Crippen molar-refractivity contribution in [1.82, 2.24) is 0 Å². The molecule has 28 heavy (non-hydrogen) atoms. The molecule has 0 aromatic heterocycles. The zero-order valence-electron chi connectivity index (χ0n) is 16.2. The SMILES string of the molecule is CCc1cccc(C)c1NC(=O)COC(=O)c1ccc(OC)c2ccccc12. The van der Waals surface area contributed by atoms with Crippen molar-refractivity contribution in [3.8, 4) is 5.75 Å². The van der Waals surface area contributed by atoms with E-state index in [4.69, 9.17) is 9.47 Å². The highest BCUT2D eigenvalue weighted by atomic mass is 16.5. The molecule has 0 aliphatic rings. The number of methoxy groups -OCH3 is 1. The largest absolute Gasteiger partial charge is 0.496 e. The molecule has 0 bridgehead atoms. The van der Waals surface area contributed by atoms with Crippen molar-refractivity contribution in [2.45, 2.75) is 20.3 Å². The Kier molecular flexibility index (Phi) is 5.94. The van der Waals surface area contributed by atoms with Crippen LogP contribution in [0.15, 0.2) is 54.6 Å². The maximum Gasteiger partial charge on any atom is 0.339 e. The molecule has 0 radical (unpaired) electrons. The first-order valence-corrected chi connectivity index (χ1v) is 9.16. The van der Waals surface area contributed by atoms with Gasteiger partial charge < -0.3 is 14.8 Å². The first kappa shape index (κ1) is 19.4. The van der Waals surface area contributed by atoms with Crippen LogP contribution in [0.1, 0.15) is 28.4 Å². The van der Waals surface area contributed by atoms with Gasteiger partial charge in [-0.1, -0.05) is 49.4 Å². The number of nitrogens with one attached hydrogen (secondary N) is 1. The average molecular weight is 377 g/mol. The highest BCUT2D eigenvalue weighted by Crippen LogP contribution is 2.28. The van der Waals surface area contributed by atoms with E-state index in [9.17, 15) is 9.59 Å². The highest BCUT2D eigenvalue weighted by Gasteiger charge is 2.16. The van der Waals surface area contributed by atoms with Gasteiger partial charge in [0.25, 0.3) is 5.91 Å². The van der Waals surface area contributed by atoms with E-state index in [0.29, 0.717) is 11.3 Å². The minimum absolute atomic E-state index is 0.351. The summed E-state index contributed by atoms with van der Waals surface area (Å²) >= 11 is 0. The third-order valence-electron chi connectivity index (χ3n) is 4.66. The van der Waals surface area contributed by atoms with Crippen LogP contribution in [0, 0.1) is 6.92 Å². The van der Waals surface area contributed by atoms with Crippen LogP contribution in [0.5, 0.6) is 5.75 Å². The number of ether oxygens (including phenoxy) is 2. The highest BCUT2D eigenvalue weighted by molar-refractivity contribution is 6.07. The number of hydrogen-bond donors (Lipinski definition) is 1. The molecule has 1 N–H and O–H groups in total. The maximum atomic E-state index is 12.6. The van der Waals surface area contributed by atoms with Crippen molar-refractivity contribution in [1.29, 1.82) is 0 Å². The number of fused-ring (bicyclic) bond motifs is 1. The summed E-state index contributed by atoms with van der Waals surface area (Å²) in [5, 5.41) is 4.39. The third kappa shape index (κ3) is 3.98. The molecule has 0 saturated carbocycles. The zero-order chi connectivity index (χ0) is 20.1. The van der Waals surface area contributed by atoms with Gasteiger partial charge in [-0.2, -0.15) is 0 Å². The Morgan fingerprint density at radius 3 is 2.43 bits per heavy atom. The molecule has 3 rings (SSSR count).